The number of methoxy groups -OCH3 is 1. The first-order chi connectivity index (χ1) is 13.0. The van der Waals surface area contributed by atoms with Crippen LogP contribution in [0.15, 0.2) is 48.7 Å². The molecule has 0 spiro atoms. The van der Waals surface area contributed by atoms with Crippen LogP contribution in [0.3, 0.4) is 0 Å². The maximum Gasteiger partial charge on any atom is 0.264 e. The maximum absolute atomic E-state index is 13.3. The molecule has 1 aromatic heterocycles. The number of carbonyl (C=O) groups is 1. The second-order valence-electron chi connectivity index (χ2n) is 5.54. The van der Waals surface area contributed by atoms with Gasteiger partial charge >= 0.3 is 0 Å². The first-order valence-electron chi connectivity index (χ1n) is 7.99. The van der Waals surface area contributed by atoms with Crippen molar-refractivity contribution in [3.05, 3.63) is 70.7 Å². The van der Waals surface area contributed by atoms with Crippen molar-refractivity contribution < 1.29 is 23.0 Å². The van der Waals surface area contributed by atoms with E-state index in [0.29, 0.717) is 28.6 Å². The van der Waals surface area contributed by atoms with Gasteiger partial charge in [0, 0.05) is 17.5 Å². The predicted molar refractivity (Wildman–Crippen MR) is 98.4 cm³/mol. The number of halogens is 2. The van der Waals surface area contributed by atoms with E-state index in [1.165, 1.54) is 24.5 Å². The largest absolute Gasteiger partial charge is 0.493 e. The van der Waals surface area contributed by atoms with E-state index in [4.69, 9.17) is 9.47 Å². The molecule has 1 amide bonds. The second kappa shape index (κ2) is 8.59. The summed E-state index contributed by atoms with van der Waals surface area (Å²) >= 11 is 1.26. The molecule has 3 rings (SSSR count). The van der Waals surface area contributed by atoms with Crippen molar-refractivity contribution in [3.63, 3.8) is 0 Å². The molecule has 0 unspecified atom stereocenters. The number of ether oxygens (including phenoxy) is 2. The molecule has 0 saturated carbocycles. The lowest BCUT2D eigenvalue weighted by Crippen LogP contribution is -2.20. The summed E-state index contributed by atoms with van der Waals surface area (Å²) < 4.78 is 36.9. The van der Waals surface area contributed by atoms with Gasteiger partial charge in [0.2, 0.25) is 0 Å². The summed E-state index contributed by atoms with van der Waals surface area (Å²) in [7, 11) is 1.52. The highest BCUT2D eigenvalue weighted by molar-refractivity contribution is 7.15. The van der Waals surface area contributed by atoms with E-state index in [0.717, 1.165) is 17.0 Å². The summed E-state index contributed by atoms with van der Waals surface area (Å²) in [6.07, 6.45) is 1.98. The van der Waals surface area contributed by atoms with Gasteiger partial charge in [0.15, 0.2) is 34.9 Å². The summed E-state index contributed by atoms with van der Waals surface area (Å²) in [5.41, 5.74) is 0.620. The molecule has 27 heavy (non-hydrogen) atoms. The average molecular weight is 390 g/mol. The van der Waals surface area contributed by atoms with Crippen LogP contribution in [-0.4, -0.2) is 24.6 Å². The molecule has 1 heterocycles. The third-order valence-electron chi connectivity index (χ3n) is 3.59. The van der Waals surface area contributed by atoms with E-state index in [-0.39, 0.29) is 12.5 Å². The van der Waals surface area contributed by atoms with E-state index < -0.39 is 11.6 Å². The average Bonchev–Trinajstić information content (AvgIpc) is 3.10. The summed E-state index contributed by atoms with van der Waals surface area (Å²) in [6, 6.07) is 10.8. The van der Waals surface area contributed by atoms with Crippen LogP contribution in [0.5, 0.6) is 11.5 Å². The normalized spacial score (nSPS) is 10.5. The fourth-order valence-electron chi connectivity index (χ4n) is 2.33. The van der Waals surface area contributed by atoms with Crippen molar-refractivity contribution in [2.24, 2.45) is 0 Å². The van der Waals surface area contributed by atoms with Gasteiger partial charge in [-0.3, -0.25) is 10.1 Å². The highest BCUT2D eigenvalue weighted by atomic mass is 32.1. The number of thiazole rings is 1. The van der Waals surface area contributed by atoms with Gasteiger partial charge < -0.3 is 9.47 Å². The Kier molecular flexibility index (Phi) is 5.97. The Morgan fingerprint density at radius 3 is 2.67 bits per heavy atom. The number of hydrogen-bond donors (Lipinski definition) is 1. The number of carbonyl (C=O) groups excluding carboxylic acids is 1. The highest BCUT2D eigenvalue weighted by Crippen LogP contribution is 2.26. The first kappa shape index (κ1) is 18.8. The number of nitrogens with zero attached hydrogens (tertiary/aromatic N) is 1. The minimum atomic E-state index is -0.890. The molecule has 0 aliphatic heterocycles. The van der Waals surface area contributed by atoms with Gasteiger partial charge in [-0.25, -0.2) is 13.8 Å². The smallest absolute Gasteiger partial charge is 0.264 e. The molecule has 0 radical (unpaired) electrons. The third kappa shape index (κ3) is 5.01. The lowest BCUT2D eigenvalue weighted by molar-refractivity contribution is -0.118. The lowest BCUT2D eigenvalue weighted by Gasteiger charge is -2.09. The number of hydrogen-bond acceptors (Lipinski definition) is 5. The number of rotatable bonds is 7. The molecule has 1 N–H and O–H groups in total. The minimum Gasteiger partial charge on any atom is -0.493 e. The van der Waals surface area contributed by atoms with Gasteiger partial charge in [-0.1, -0.05) is 18.2 Å². The van der Waals surface area contributed by atoms with E-state index in [9.17, 15) is 13.6 Å². The molecule has 0 bridgehead atoms. The van der Waals surface area contributed by atoms with Crippen LogP contribution in [0.25, 0.3) is 0 Å². The Labute approximate surface area is 158 Å². The molecule has 0 atom stereocenters. The van der Waals surface area contributed by atoms with Gasteiger partial charge in [-0.2, -0.15) is 0 Å². The van der Waals surface area contributed by atoms with E-state index >= 15 is 0 Å². The quantitative estimate of drug-likeness (QED) is 0.662. The van der Waals surface area contributed by atoms with Crippen LogP contribution in [0.4, 0.5) is 13.9 Å². The fourth-order valence-corrected chi connectivity index (χ4v) is 3.20. The molecule has 0 aliphatic carbocycles. The second-order valence-corrected chi connectivity index (χ2v) is 6.66. The predicted octanol–water partition coefficient (Wildman–Crippen LogP) is 4.04. The van der Waals surface area contributed by atoms with Gasteiger partial charge in [-0.15, -0.1) is 11.3 Å². The van der Waals surface area contributed by atoms with Gasteiger partial charge in [0.1, 0.15) is 0 Å². The summed E-state index contributed by atoms with van der Waals surface area (Å²) in [4.78, 5) is 17.0. The minimum absolute atomic E-state index is 0.196. The molecule has 0 saturated heterocycles. The number of aromatic nitrogens is 1. The summed E-state index contributed by atoms with van der Waals surface area (Å²) in [5, 5.41) is 3.05. The first-order valence-corrected chi connectivity index (χ1v) is 8.81. The Bertz CT molecular complexity index is 946. The van der Waals surface area contributed by atoms with E-state index in [1.54, 1.807) is 30.5 Å². The maximum atomic E-state index is 13.3. The molecule has 2 aromatic carbocycles. The van der Waals surface area contributed by atoms with Crippen molar-refractivity contribution in [2.75, 3.05) is 19.0 Å². The lowest BCUT2D eigenvalue weighted by atomic mass is 10.1. The van der Waals surface area contributed by atoms with E-state index in [1.807, 2.05) is 0 Å². The monoisotopic (exact) mass is 390 g/mol. The van der Waals surface area contributed by atoms with Crippen LogP contribution in [0.2, 0.25) is 0 Å². The fraction of sp³-hybridized carbons (Fsp3) is 0.158. The van der Waals surface area contributed by atoms with Crippen LogP contribution >= 0.6 is 11.3 Å². The number of nitrogens with one attached hydrogen (secondary N) is 1. The standard InChI is InChI=1S/C19H16F2N2O3S/c1-25-16-4-2-3-5-17(16)26-11-18(24)23-19-22-10-13(27-19)8-12-6-7-14(20)15(21)9-12/h2-7,9-10H,8,11H2,1H3,(H,22,23,24). The molecule has 3 aromatic rings. The van der Waals surface area contributed by atoms with E-state index in [2.05, 4.69) is 10.3 Å². The van der Waals surface area contributed by atoms with Crippen molar-refractivity contribution in [2.45, 2.75) is 6.42 Å². The number of anilines is 1. The molecular formula is C19H16F2N2O3S. The van der Waals surface area contributed by atoms with Crippen LogP contribution in [0.1, 0.15) is 10.4 Å². The molecule has 5 nitrogen and oxygen atoms in total. The zero-order chi connectivity index (χ0) is 19.2. The van der Waals surface area contributed by atoms with Crippen LogP contribution in [-0.2, 0) is 11.2 Å². The van der Waals surface area contributed by atoms with Crippen molar-refractivity contribution in [1.29, 1.82) is 0 Å². The van der Waals surface area contributed by atoms with Gasteiger partial charge in [0.25, 0.3) is 5.91 Å². The Morgan fingerprint density at radius 1 is 1.15 bits per heavy atom. The molecular weight excluding hydrogens is 374 g/mol. The SMILES string of the molecule is COc1ccccc1OCC(=O)Nc1ncc(Cc2ccc(F)c(F)c2)s1. The summed E-state index contributed by atoms with van der Waals surface area (Å²) in [5.74, 6) is -1.14. The number of benzene rings is 2. The van der Waals surface area contributed by atoms with Crippen LogP contribution < -0.4 is 14.8 Å². The summed E-state index contributed by atoms with van der Waals surface area (Å²) in [6.45, 7) is -0.196. The Morgan fingerprint density at radius 2 is 1.93 bits per heavy atom. The van der Waals surface area contributed by atoms with Gasteiger partial charge in [-0.05, 0) is 29.8 Å². The molecule has 8 heteroatoms. The number of para-hydroxylation sites is 2. The van der Waals surface area contributed by atoms with Crippen molar-refractivity contribution >= 4 is 22.4 Å². The molecule has 0 aliphatic rings. The van der Waals surface area contributed by atoms with Crippen molar-refractivity contribution in [1.82, 2.24) is 4.98 Å². The zero-order valence-electron chi connectivity index (χ0n) is 14.4. The topological polar surface area (TPSA) is 60.5 Å². The Balaban J connectivity index is 1.55. The highest BCUT2D eigenvalue weighted by Gasteiger charge is 2.11. The molecule has 0 fully saturated rings. The zero-order valence-corrected chi connectivity index (χ0v) is 15.2. The van der Waals surface area contributed by atoms with Gasteiger partial charge in [0.05, 0.1) is 7.11 Å². The third-order valence-corrected chi connectivity index (χ3v) is 4.50. The Hall–Kier alpha value is -3.00. The van der Waals surface area contributed by atoms with Crippen molar-refractivity contribution in [3.8, 4) is 11.5 Å². The molecule has 140 valence electrons. The van der Waals surface area contributed by atoms with Crippen LogP contribution in [0, 0.1) is 11.6 Å². The number of amides is 1.